The number of hydrogen-bond donors (Lipinski definition) is 2. The number of fused-ring (bicyclic) bond motifs is 3. The van der Waals surface area contributed by atoms with Gasteiger partial charge in [0.1, 0.15) is 6.54 Å². The fourth-order valence-electron chi connectivity index (χ4n) is 2.53. The highest BCUT2D eigenvalue weighted by atomic mass is 16.6. The highest BCUT2D eigenvalue weighted by molar-refractivity contribution is 5.81. The molecule has 1 aliphatic carbocycles. The molecule has 0 unspecified atom stereocenters. The average molecular weight is 283 g/mol. The standard InChI is InChI=1S/C16H13NO4/c18-14(19)9-17-16(20)21-15-12-7-3-1-5-10(12)11-6-2-4-8-13(11)15/h1-8,15H,9H2,(H,17,20)(H,18,19). The number of nitrogens with one attached hydrogen (secondary N) is 1. The van der Waals surface area contributed by atoms with Gasteiger partial charge in [0.25, 0.3) is 0 Å². The molecule has 0 spiro atoms. The second kappa shape index (κ2) is 5.28. The molecular formula is C16H13NO4. The van der Waals surface area contributed by atoms with Crippen LogP contribution >= 0.6 is 0 Å². The molecule has 3 rings (SSSR count). The van der Waals surface area contributed by atoms with Crippen LogP contribution in [0.3, 0.4) is 0 Å². The van der Waals surface area contributed by atoms with E-state index in [2.05, 4.69) is 5.32 Å². The lowest BCUT2D eigenvalue weighted by molar-refractivity contribution is -0.135. The summed E-state index contributed by atoms with van der Waals surface area (Å²) in [6, 6.07) is 15.4. The number of ether oxygens (including phenoxy) is 1. The lowest BCUT2D eigenvalue weighted by Crippen LogP contribution is -2.30. The number of alkyl carbamates (subject to hydrolysis) is 1. The van der Waals surface area contributed by atoms with E-state index in [1.54, 1.807) is 0 Å². The highest BCUT2D eigenvalue weighted by Gasteiger charge is 2.30. The topological polar surface area (TPSA) is 75.6 Å². The average Bonchev–Trinajstić information content (AvgIpc) is 2.80. The molecule has 0 aromatic heterocycles. The Labute approximate surface area is 121 Å². The van der Waals surface area contributed by atoms with Gasteiger partial charge in [-0.2, -0.15) is 0 Å². The number of amides is 1. The summed E-state index contributed by atoms with van der Waals surface area (Å²) in [5.74, 6) is -1.11. The molecule has 0 saturated heterocycles. The molecule has 2 aromatic carbocycles. The monoisotopic (exact) mass is 283 g/mol. The predicted molar refractivity (Wildman–Crippen MR) is 75.8 cm³/mol. The molecule has 0 saturated carbocycles. The van der Waals surface area contributed by atoms with Crippen molar-refractivity contribution in [1.82, 2.24) is 5.32 Å². The van der Waals surface area contributed by atoms with Crippen molar-refractivity contribution in [1.29, 1.82) is 0 Å². The maximum atomic E-state index is 11.7. The number of carbonyl (C=O) groups excluding carboxylic acids is 1. The van der Waals surface area contributed by atoms with Crippen molar-refractivity contribution in [3.05, 3.63) is 59.7 Å². The Morgan fingerprint density at radius 2 is 1.52 bits per heavy atom. The zero-order valence-electron chi connectivity index (χ0n) is 11.1. The molecule has 5 heteroatoms. The van der Waals surface area contributed by atoms with E-state index in [4.69, 9.17) is 9.84 Å². The van der Waals surface area contributed by atoms with Gasteiger partial charge in [0.2, 0.25) is 0 Å². The van der Waals surface area contributed by atoms with E-state index in [-0.39, 0.29) is 0 Å². The van der Waals surface area contributed by atoms with Gasteiger partial charge in [0.15, 0.2) is 6.10 Å². The summed E-state index contributed by atoms with van der Waals surface area (Å²) >= 11 is 0. The van der Waals surface area contributed by atoms with E-state index in [0.717, 1.165) is 22.3 Å². The molecule has 1 amide bonds. The van der Waals surface area contributed by atoms with Gasteiger partial charge in [-0.15, -0.1) is 0 Å². The minimum Gasteiger partial charge on any atom is -0.480 e. The molecule has 0 atom stereocenters. The Hall–Kier alpha value is -2.82. The molecule has 0 bridgehead atoms. The second-order valence-electron chi connectivity index (χ2n) is 4.71. The van der Waals surface area contributed by atoms with E-state index in [9.17, 15) is 9.59 Å². The first-order valence-electron chi connectivity index (χ1n) is 6.51. The van der Waals surface area contributed by atoms with Gasteiger partial charge < -0.3 is 15.2 Å². The maximum Gasteiger partial charge on any atom is 0.408 e. The molecule has 106 valence electrons. The van der Waals surface area contributed by atoms with Crippen LogP contribution in [0, 0.1) is 0 Å². The first kappa shape index (κ1) is 13.2. The molecule has 5 nitrogen and oxygen atoms in total. The first-order valence-corrected chi connectivity index (χ1v) is 6.51. The molecule has 21 heavy (non-hydrogen) atoms. The van der Waals surface area contributed by atoms with Gasteiger partial charge in [-0.05, 0) is 11.1 Å². The minimum absolute atomic E-state index is 0.463. The van der Waals surface area contributed by atoms with Gasteiger partial charge in [0.05, 0.1) is 0 Å². The van der Waals surface area contributed by atoms with Crippen LogP contribution in [0.15, 0.2) is 48.5 Å². The maximum absolute atomic E-state index is 11.7. The van der Waals surface area contributed by atoms with Gasteiger partial charge in [-0.3, -0.25) is 4.79 Å². The van der Waals surface area contributed by atoms with Crippen LogP contribution in [-0.4, -0.2) is 23.7 Å². The quantitative estimate of drug-likeness (QED) is 0.907. The number of aliphatic carboxylic acids is 1. The summed E-state index contributed by atoms with van der Waals surface area (Å²) in [7, 11) is 0. The minimum atomic E-state index is -1.11. The molecule has 2 aromatic rings. The predicted octanol–water partition coefficient (Wildman–Crippen LogP) is 2.57. The summed E-state index contributed by atoms with van der Waals surface area (Å²) in [5, 5.41) is 10.8. The lowest BCUT2D eigenvalue weighted by Gasteiger charge is -2.15. The Morgan fingerprint density at radius 3 is 2.05 bits per heavy atom. The van der Waals surface area contributed by atoms with Crippen molar-refractivity contribution in [2.75, 3.05) is 6.54 Å². The Bertz CT molecular complexity index is 665. The van der Waals surface area contributed by atoms with Gasteiger partial charge in [-0.25, -0.2) is 4.79 Å². The molecule has 1 aliphatic rings. The number of carboxylic acids is 1. The molecule has 0 fully saturated rings. The van der Waals surface area contributed by atoms with Crippen molar-refractivity contribution in [2.24, 2.45) is 0 Å². The van der Waals surface area contributed by atoms with Crippen molar-refractivity contribution in [3.63, 3.8) is 0 Å². The van der Waals surface area contributed by atoms with E-state index >= 15 is 0 Å². The number of hydrogen-bond acceptors (Lipinski definition) is 3. The van der Waals surface area contributed by atoms with E-state index in [1.165, 1.54) is 0 Å². The third-order valence-corrected chi connectivity index (χ3v) is 3.39. The van der Waals surface area contributed by atoms with E-state index < -0.39 is 24.7 Å². The summed E-state index contributed by atoms with van der Waals surface area (Å²) in [6.07, 6.45) is -1.25. The lowest BCUT2D eigenvalue weighted by atomic mass is 10.1. The van der Waals surface area contributed by atoms with E-state index in [0.29, 0.717) is 0 Å². The summed E-state index contributed by atoms with van der Waals surface area (Å²) in [5.41, 5.74) is 3.88. The van der Waals surface area contributed by atoms with Crippen molar-refractivity contribution >= 4 is 12.1 Å². The van der Waals surface area contributed by atoms with Crippen LogP contribution in [0.5, 0.6) is 0 Å². The number of carbonyl (C=O) groups is 2. The van der Waals surface area contributed by atoms with Crippen LogP contribution in [0.2, 0.25) is 0 Å². The summed E-state index contributed by atoms with van der Waals surface area (Å²) in [6.45, 7) is -0.463. The number of benzene rings is 2. The fourth-order valence-corrected chi connectivity index (χ4v) is 2.53. The molecule has 0 aliphatic heterocycles. The van der Waals surface area contributed by atoms with Crippen molar-refractivity contribution in [3.8, 4) is 11.1 Å². The molecule has 0 heterocycles. The smallest absolute Gasteiger partial charge is 0.408 e. The van der Waals surface area contributed by atoms with Crippen LogP contribution in [0.1, 0.15) is 17.2 Å². The Morgan fingerprint density at radius 1 is 1.00 bits per heavy atom. The number of carboxylic acid groups (broad SMARTS) is 1. The van der Waals surface area contributed by atoms with Crippen LogP contribution in [-0.2, 0) is 9.53 Å². The van der Waals surface area contributed by atoms with Crippen LogP contribution < -0.4 is 5.32 Å². The van der Waals surface area contributed by atoms with Gasteiger partial charge >= 0.3 is 12.1 Å². The zero-order valence-corrected chi connectivity index (χ0v) is 11.1. The zero-order chi connectivity index (χ0) is 14.8. The third kappa shape index (κ3) is 2.45. The molecule has 2 N–H and O–H groups in total. The molecule has 0 radical (unpaired) electrons. The van der Waals surface area contributed by atoms with Crippen LogP contribution in [0.25, 0.3) is 11.1 Å². The SMILES string of the molecule is O=C(O)CNC(=O)OC1c2ccccc2-c2ccccc21. The fraction of sp³-hybridized carbons (Fsp3) is 0.125. The number of rotatable bonds is 3. The third-order valence-electron chi connectivity index (χ3n) is 3.39. The summed E-state index contributed by atoms with van der Waals surface area (Å²) in [4.78, 5) is 22.2. The van der Waals surface area contributed by atoms with Crippen molar-refractivity contribution in [2.45, 2.75) is 6.10 Å². The first-order chi connectivity index (χ1) is 10.2. The highest BCUT2D eigenvalue weighted by Crippen LogP contribution is 2.44. The van der Waals surface area contributed by atoms with Gasteiger partial charge in [0, 0.05) is 11.1 Å². The largest absolute Gasteiger partial charge is 0.480 e. The summed E-state index contributed by atoms with van der Waals surface area (Å²) < 4.78 is 5.40. The Balaban J connectivity index is 1.88. The molecular weight excluding hydrogens is 270 g/mol. The second-order valence-corrected chi connectivity index (χ2v) is 4.71. The Kier molecular flexibility index (Phi) is 3.31. The normalized spacial score (nSPS) is 12.4. The van der Waals surface area contributed by atoms with Crippen molar-refractivity contribution < 1.29 is 19.4 Å². The van der Waals surface area contributed by atoms with Crippen LogP contribution in [0.4, 0.5) is 4.79 Å². The van der Waals surface area contributed by atoms with Gasteiger partial charge in [-0.1, -0.05) is 48.5 Å². The van der Waals surface area contributed by atoms with E-state index in [1.807, 2.05) is 48.5 Å².